The number of nitrogens with zero attached hydrogens (tertiary/aromatic N) is 2. The molecule has 4 rings (SSSR count). The van der Waals surface area contributed by atoms with Gasteiger partial charge in [0.25, 0.3) is 11.8 Å². The second-order valence-electron chi connectivity index (χ2n) is 6.62. The number of H-pyrrole nitrogens is 1. The minimum Gasteiger partial charge on any atom is -0.351 e. The van der Waals surface area contributed by atoms with Gasteiger partial charge in [0, 0.05) is 48.2 Å². The molecule has 3 aromatic rings. The fraction of sp³-hybridized carbons (Fsp3) is 0.200. The molecule has 1 aliphatic rings. The smallest absolute Gasteiger partial charge is 0.270 e. The van der Waals surface area contributed by atoms with Gasteiger partial charge < -0.3 is 14.8 Å². The molecule has 1 N–H and O–H groups in total. The molecule has 1 fully saturated rings. The second kappa shape index (κ2) is 7.24. The maximum atomic E-state index is 13.8. The molecule has 2 heterocycles. The molecule has 2 aromatic carbocycles. The molecule has 1 saturated heterocycles. The number of rotatable bonds is 2. The molecule has 0 spiro atoms. The van der Waals surface area contributed by atoms with Crippen LogP contribution in [-0.2, 0) is 0 Å². The molecule has 0 bridgehead atoms. The minimum absolute atomic E-state index is 0.173. The average Bonchev–Trinajstić information content (AvgIpc) is 3.10. The van der Waals surface area contributed by atoms with Crippen LogP contribution < -0.4 is 0 Å². The van der Waals surface area contributed by atoms with Gasteiger partial charge in [-0.3, -0.25) is 9.59 Å². The topological polar surface area (TPSA) is 56.4 Å². The van der Waals surface area contributed by atoms with Crippen LogP contribution in [0.4, 0.5) is 8.78 Å². The first-order chi connectivity index (χ1) is 13.4. The number of hydrogen-bond donors (Lipinski definition) is 1. The van der Waals surface area contributed by atoms with Gasteiger partial charge in [-0.2, -0.15) is 0 Å². The summed E-state index contributed by atoms with van der Waals surface area (Å²) in [5.74, 6) is -2.30. The van der Waals surface area contributed by atoms with Crippen LogP contribution in [0.1, 0.15) is 20.8 Å². The van der Waals surface area contributed by atoms with Gasteiger partial charge in [-0.1, -0.05) is 11.6 Å². The van der Waals surface area contributed by atoms with Crippen molar-refractivity contribution < 1.29 is 18.4 Å². The van der Waals surface area contributed by atoms with Crippen LogP contribution >= 0.6 is 11.6 Å². The van der Waals surface area contributed by atoms with Crippen molar-refractivity contribution in [3.63, 3.8) is 0 Å². The van der Waals surface area contributed by atoms with E-state index in [9.17, 15) is 18.4 Å². The molecule has 8 heteroatoms. The van der Waals surface area contributed by atoms with Crippen molar-refractivity contribution in [2.75, 3.05) is 26.2 Å². The van der Waals surface area contributed by atoms with E-state index in [1.54, 1.807) is 23.1 Å². The lowest BCUT2D eigenvalue weighted by Gasteiger charge is -2.34. The molecule has 0 saturated carbocycles. The number of hydrogen-bond acceptors (Lipinski definition) is 2. The molecule has 1 aliphatic heterocycles. The van der Waals surface area contributed by atoms with Crippen LogP contribution in [0.15, 0.2) is 42.5 Å². The van der Waals surface area contributed by atoms with Gasteiger partial charge in [0.2, 0.25) is 0 Å². The lowest BCUT2D eigenvalue weighted by atomic mass is 10.1. The largest absolute Gasteiger partial charge is 0.351 e. The molecular formula is C20H16ClF2N3O2. The second-order valence-corrected chi connectivity index (χ2v) is 7.06. The van der Waals surface area contributed by atoms with Crippen molar-refractivity contribution in [1.29, 1.82) is 0 Å². The van der Waals surface area contributed by atoms with Crippen molar-refractivity contribution in [1.82, 2.24) is 14.8 Å². The number of piperazine rings is 1. The first kappa shape index (κ1) is 18.4. The lowest BCUT2D eigenvalue weighted by molar-refractivity contribution is 0.0530. The SMILES string of the molecule is O=C(c1cc2cc(Cl)ccc2[nH]1)N1CCN(C(=O)c2ccc(F)cc2F)CC1. The normalized spacial score (nSPS) is 14.5. The van der Waals surface area contributed by atoms with Crippen molar-refractivity contribution in [3.05, 3.63) is 70.4 Å². The van der Waals surface area contributed by atoms with E-state index in [0.717, 1.165) is 23.0 Å². The molecule has 0 atom stereocenters. The Kier molecular flexibility index (Phi) is 4.77. The van der Waals surface area contributed by atoms with Crippen LogP contribution in [0, 0.1) is 11.6 Å². The predicted octanol–water partition coefficient (Wildman–Crippen LogP) is 3.70. The number of fused-ring (bicyclic) bond motifs is 1. The van der Waals surface area contributed by atoms with E-state index in [4.69, 9.17) is 11.6 Å². The molecule has 2 amide bonds. The Morgan fingerprint density at radius 1 is 0.893 bits per heavy atom. The Balaban J connectivity index is 1.44. The van der Waals surface area contributed by atoms with Crippen molar-refractivity contribution >= 4 is 34.3 Å². The number of aromatic nitrogens is 1. The van der Waals surface area contributed by atoms with Crippen LogP contribution in [-0.4, -0.2) is 52.8 Å². The minimum atomic E-state index is -0.889. The number of nitrogens with one attached hydrogen (secondary N) is 1. The Morgan fingerprint density at radius 3 is 2.25 bits per heavy atom. The molecule has 0 aliphatic carbocycles. The van der Waals surface area contributed by atoms with E-state index in [-0.39, 0.29) is 24.6 Å². The number of carbonyl (C=O) groups is 2. The highest BCUT2D eigenvalue weighted by atomic mass is 35.5. The summed E-state index contributed by atoms with van der Waals surface area (Å²) in [6.45, 7) is 1.19. The summed E-state index contributed by atoms with van der Waals surface area (Å²) in [6.07, 6.45) is 0. The summed E-state index contributed by atoms with van der Waals surface area (Å²) in [5, 5.41) is 1.43. The van der Waals surface area contributed by atoms with Gasteiger partial charge in [0.05, 0.1) is 5.56 Å². The summed E-state index contributed by atoms with van der Waals surface area (Å²) >= 11 is 5.98. The Labute approximate surface area is 164 Å². The highest BCUT2D eigenvalue weighted by Gasteiger charge is 2.27. The van der Waals surface area contributed by atoms with Gasteiger partial charge in [-0.25, -0.2) is 8.78 Å². The Morgan fingerprint density at radius 2 is 1.57 bits per heavy atom. The fourth-order valence-electron chi connectivity index (χ4n) is 3.33. The summed E-state index contributed by atoms with van der Waals surface area (Å²) in [5.41, 5.74) is 1.09. The van der Waals surface area contributed by atoms with E-state index in [1.165, 1.54) is 4.90 Å². The standard InChI is InChI=1S/C20H16ClF2N3O2/c21-13-1-4-17-12(9-13)10-18(24-17)20(28)26-7-5-25(6-8-26)19(27)15-3-2-14(22)11-16(15)23/h1-4,9-11,24H,5-8H2. The van der Waals surface area contributed by atoms with Crippen molar-refractivity contribution in [2.24, 2.45) is 0 Å². The third kappa shape index (κ3) is 3.45. The van der Waals surface area contributed by atoms with E-state index < -0.39 is 17.5 Å². The zero-order valence-corrected chi connectivity index (χ0v) is 15.5. The summed E-state index contributed by atoms with van der Waals surface area (Å²) in [4.78, 5) is 31.4. The van der Waals surface area contributed by atoms with Gasteiger partial charge in [-0.05, 0) is 36.4 Å². The first-order valence-electron chi connectivity index (χ1n) is 8.74. The highest BCUT2D eigenvalue weighted by Crippen LogP contribution is 2.21. The lowest BCUT2D eigenvalue weighted by Crippen LogP contribution is -2.50. The van der Waals surface area contributed by atoms with Gasteiger partial charge in [-0.15, -0.1) is 0 Å². The summed E-state index contributed by atoms with van der Waals surface area (Å²) in [6, 6.07) is 9.95. The molecule has 5 nitrogen and oxygen atoms in total. The fourth-order valence-corrected chi connectivity index (χ4v) is 3.52. The van der Waals surface area contributed by atoms with Crippen molar-refractivity contribution in [3.8, 4) is 0 Å². The number of benzene rings is 2. The zero-order chi connectivity index (χ0) is 19.8. The zero-order valence-electron chi connectivity index (χ0n) is 14.7. The predicted molar refractivity (Wildman–Crippen MR) is 101 cm³/mol. The summed E-state index contributed by atoms with van der Waals surface area (Å²) in [7, 11) is 0. The van der Waals surface area contributed by atoms with Gasteiger partial charge >= 0.3 is 0 Å². The van der Waals surface area contributed by atoms with Crippen LogP contribution in [0.2, 0.25) is 5.02 Å². The van der Waals surface area contributed by atoms with E-state index in [0.29, 0.717) is 29.9 Å². The Bertz CT molecular complexity index is 1070. The maximum Gasteiger partial charge on any atom is 0.270 e. The Hall–Kier alpha value is -2.93. The first-order valence-corrected chi connectivity index (χ1v) is 9.12. The van der Waals surface area contributed by atoms with Crippen LogP contribution in [0.25, 0.3) is 10.9 Å². The molecule has 144 valence electrons. The van der Waals surface area contributed by atoms with Gasteiger partial charge in [0.15, 0.2) is 0 Å². The molecule has 0 unspecified atom stereocenters. The van der Waals surface area contributed by atoms with E-state index in [2.05, 4.69) is 4.98 Å². The molecule has 0 radical (unpaired) electrons. The quantitative estimate of drug-likeness (QED) is 0.709. The molecular weight excluding hydrogens is 388 g/mol. The highest BCUT2D eigenvalue weighted by molar-refractivity contribution is 6.31. The van der Waals surface area contributed by atoms with Crippen molar-refractivity contribution in [2.45, 2.75) is 0 Å². The summed E-state index contributed by atoms with van der Waals surface area (Å²) < 4.78 is 26.9. The number of aromatic amines is 1. The average molecular weight is 404 g/mol. The number of amides is 2. The van der Waals surface area contributed by atoms with E-state index in [1.807, 2.05) is 6.07 Å². The molecule has 28 heavy (non-hydrogen) atoms. The molecule has 1 aromatic heterocycles. The monoisotopic (exact) mass is 403 g/mol. The number of carbonyl (C=O) groups excluding carboxylic acids is 2. The van der Waals surface area contributed by atoms with Crippen LogP contribution in [0.5, 0.6) is 0 Å². The third-order valence-electron chi connectivity index (χ3n) is 4.83. The maximum absolute atomic E-state index is 13.8. The number of halogens is 3. The van der Waals surface area contributed by atoms with E-state index >= 15 is 0 Å². The van der Waals surface area contributed by atoms with Gasteiger partial charge in [0.1, 0.15) is 17.3 Å². The third-order valence-corrected chi connectivity index (χ3v) is 5.06. The van der Waals surface area contributed by atoms with Crippen LogP contribution in [0.3, 0.4) is 0 Å².